The van der Waals surface area contributed by atoms with Crippen molar-refractivity contribution in [2.45, 2.75) is 26.4 Å². The first-order chi connectivity index (χ1) is 8.58. The summed E-state index contributed by atoms with van der Waals surface area (Å²) in [5, 5.41) is 0. The summed E-state index contributed by atoms with van der Waals surface area (Å²) in [6.07, 6.45) is 4.37. The van der Waals surface area contributed by atoms with Gasteiger partial charge in [-0.3, -0.25) is 4.98 Å². The van der Waals surface area contributed by atoms with Gasteiger partial charge in [0.1, 0.15) is 12.4 Å². The van der Waals surface area contributed by atoms with E-state index in [1.54, 1.807) is 18.2 Å². The highest BCUT2D eigenvalue weighted by molar-refractivity contribution is 5.28. The highest BCUT2D eigenvalue weighted by Crippen LogP contribution is 2.19. The molecule has 0 aromatic carbocycles. The average molecular weight is 248 g/mol. The molecule has 0 bridgehead atoms. The maximum absolute atomic E-state index is 13.4. The Morgan fingerprint density at radius 1 is 1.61 bits per heavy atom. The van der Waals surface area contributed by atoms with E-state index in [4.69, 9.17) is 4.74 Å². The zero-order valence-electron chi connectivity index (χ0n) is 10.7. The monoisotopic (exact) mass is 248 g/mol. The maximum atomic E-state index is 13.4. The lowest BCUT2D eigenvalue weighted by molar-refractivity contribution is 0.193. The molecular formula is C14H17FN2O. The summed E-state index contributed by atoms with van der Waals surface area (Å²) in [5.74, 6) is 0.173. The highest BCUT2D eigenvalue weighted by atomic mass is 19.1. The van der Waals surface area contributed by atoms with Gasteiger partial charge in [-0.05, 0) is 30.3 Å². The Balaban J connectivity index is 2.80. The van der Waals surface area contributed by atoms with Gasteiger partial charge in [-0.2, -0.15) is 0 Å². The van der Waals surface area contributed by atoms with E-state index >= 15 is 0 Å². The molecule has 0 aliphatic rings. The van der Waals surface area contributed by atoms with E-state index < -0.39 is 0 Å². The van der Waals surface area contributed by atoms with Crippen LogP contribution < -0.4 is 0 Å². The third-order valence-electron chi connectivity index (χ3n) is 2.35. The quantitative estimate of drug-likeness (QED) is 0.438. The standard InChI is InChI=1S/C14H17FN2O/c1-5-6-14(16-4)18-9-11-7-12(10(2)3)13(15)8-17-11/h5-8,10H,1,4,9H2,2-3H3/b14-6+. The van der Waals surface area contributed by atoms with Gasteiger partial charge < -0.3 is 4.74 Å². The summed E-state index contributed by atoms with van der Waals surface area (Å²) in [5.41, 5.74) is 1.28. The third-order valence-corrected chi connectivity index (χ3v) is 2.35. The number of aliphatic imine (C=N–C) groups is 1. The molecule has 0 radical (unpaired) electrons. The zero-order chi connectivity index (χ0) is 13.5. The fraction of sp³-hybridized carbons (Fsp3) is 0.286. The Kier molecular flexibility index (Phi) is 5.24. The van der Waals surface area contributed by atoms with Crippen molar-refractivity contribution >= 4 is 6.72 Å². The van der Waals surface area contributed by atoms with E-state index in [1.807, 2.05) is 13.8 Å². The first-order valence-electron chi connectivity index (χ1n) is 5.65. The summed E-state index contributed by atoms with van der Waals surface area (Å²) >= 11 is 0. The van der Waals surface area contributed by atoms with Gasteiger partial charge in [0.15, 0.2) is 0 Å². The van der Waals surface area contributed by atoms with Crippen LogP contribution in [0.3, 0.4) is 0 Å². The first-order valence-corrected chi connectivity index (χ1v) is 5.65. The average Bonchev–Trinajstić information content (AvgIpc) is 2.35. The van der Waals surface area contributed by atoms with Crippen LogP contribution in [-0.4, -0.2) is 11.7 Å². The summed E-state index contributed by atoms with van der Waals surface area (Å²) in [6, 6.07) is 1.70. The number of ether oxygens (including phenoxy) is 1. The number of nitrogens with zero attached hydrogens (tertiary/aromatic N) is 2. The first kappa shape index (κ1) is 14.1. The number of allylic oxidation sites excluding steroid dienone is 2. The molecule has 0 saturated heterocycles. The second kappa shape index (κ2) is 6.69. The fourth-order valence-corrected chi connectivity index (χ4v) is 1.42. The van der Waals surface area contributed by atoms with Crippen molar-refractivity contribution in [2.24, 2.45) is 4.99 Å². The molecular weight excluding hydrogens is 231 g/mol. The topological polar surface area (TPSA) is 34.5 Å². The molecule has 0 amide bonds. The van der Waals surface area contributed by atoms with E-state index in [2.05, 4.69) is 23.3 Å². The van der Waals surface area contributed by atoms with E-state index in [0.29, 0.717) is 17.1 Å². The van der Waals surface area contributed by atoms with E-state index in [0.717, 1.165) is 0 Å². The van der Waals surface area contributed by atoms with Gasteiger partial charge in [-0.15, -0.1) is 0 Å². The van der Waals surface area contributed by atoms with Crippen molar-refractivity contribution in [1.82, 2.24) is 4.98 Å². The smallest absolute Gasteiger partial charge is 0.212 e. The summed E-state index contributed by atoms with van der Waals surface area (Å²) in [7, 11) is 0. The van der Waals surface area contributed by atoms with Crippen molar-refractivity contribution in [1.29, 1.82) is 0 Å². The van der Waals surface area contributed by atoms with Crippen LogP contribution in [0.15, 0.2) is 41.9 Å². The lowest BCUT2D eigenvalue weighted by Gasteiger charge is -2.10. The minimum atomic E-state index is -0.294. The minimum Gasteiger partial charge on any atom is -0.471 e. The van der Waals surface area contributed by atoms with Gasteiger partial charge >= 0.3 is 0 Å². The molecule has 1 rings (SSSR count). The maximum Gasteiger partial charge on any atom is 0.212 e. The second-order valence-corrected chi connectivity index (χ2v) is 4.04. The number of pyridine rings is 1. The zero-order valence-corrected chi connectivity index (χ0v) is 10.7. The van der Waals surface area contributed by atoms with Crippen molar-refractivity contribution in [3.8, 4) is 0 Å². The van der Waals surface area contributed by atoms with Crippen molar-refractivity contribution in [3.05, 3.63) is 54.0 Å². The summed E-state index contributed by atoms with van der Waals surface area (Å²) in [4.78, 5) is 7.66. The Bertz CT molecular complexity index is 467. The van der Waals surface area contributed by atoms with Crippen LogP contribution in [0.2, 0.25) is 0 Å². The molecule has 0 spiro atoms. The van der Waals surface area contributed by atoms with Crippen LogP contribution in [0.5, 0.6) is 0 Å². The van der Waals surface area contributed by atoms with Crippen LogP contribution in [0, 0.1) is 5.82 Å². The fourth-order valence-electron chi connectivity index (χ4n) is 1.42. The summed E-state index contributed by atoms with van der Waals surface area (Å²) in [6.45, 7) is 11.0. The second-order valence-electron chi connectivity index (χ2n) is 4.04. The van der Waals surface area contributed by atoms with E-state index in [9.17, 15) is 4.39 Å². The largest absolute Gasteiger partial charge is 0.471 e. The molecule has 1 heterocycles. The van der Waals surface area contributed by atoms with Crippen LogP contribution >= 0.6 is 0 Å². The lowest BCUT2D eigenvalue weighted by atomic mass is 10.0. The minimum absolute atomic E-state index is 0.104. The Labute approximate surface area is 107 Å². The molecule has 18 heavy (non-hydrogen) atoms. The molecule has 0 unspecified atom stereocenters. The van der Waals surface area contributed by atoms with E-state index in [1.165, 1.54) is 6.20 Å². The Hall–Kier alpha value is -1.97. The molecule has 0 aliphatic carbocycles. The molecule has 0 fully saturated rings. The Morgan fingerprint density at radius 3 is 2.89 bits per heavy atom. The van der Waals surface area contributed by atoms with Gasteiger partial charge in [0.25, 0.3) is 0 Å². The SMILES string of the molecule is C=C/C=C(\N=C)OCc1cc(C(C)C)c(F)cn1. The molecule has 0 N–H and O–H groups in total. The number of halogens is 1. The van der Waals surface area contributed by atoms with Gasteiger partial charge in [0.05, 0.1) is 11.9 Å². The molecule has 0 atom stereocenters. The van der Waals surface area contributed by atoms with Crippen molar-refractivity contribution < 1.29 is 9.13 Å². The van der Waals surface area contributed by atoms with Gasteiger partial charge in [-0.25, -0.2) is 9.38 Å². The molecule has 1 aromatic heterocycles. The predicted octanol–water partition coefficient (Wildman–Crippen LogP) is 3.59. The molecule has 0 aliphatic heterocycles. The number of rotatable bonds is 6. The molecule has 3 nitrogen and oxygen atoms in total. The van der Waals surface area contributed by atoms with Crippen molar-refractivity contribution in [2.75, 3.05) is 0 Å². The molecule has 0 saturated carbocycles. The third kappa shape index (κ3) is 3.80. The lowest BCUT2D eigenvalue weighted by Crippen LogP contribution is -2.00. The van der Waals surface area contributed by atoms with Crippen LogP contribution in [0.1, 0.15) is 31.0 Å². The van der Waals surface area contributed by atoms with Crippen LogP contribution in [-0.2, 0) is 11.3 Å². The number of aromatic nitrogens is 1. The Morgan fingerprint density at radius 2 is 2.33 bits per heavy atom. The highest BCUT2D eigenvalue weighted by Gasteiger charge is 2.09. The number of hydrogen-bond donors (Lipinski definition) is 0. The van der Waals surface area contributed by atoms with Gasteiger partial charge in [-0.1, -0.05) is 26.5 Å². The normalized spacial score (nSPS) is 11.4. The molecule has 96 valence electrons. The predicted molar refractivity (Wildman–Crippen MR) is 70.9 cm³/mol. The van der Waals surface area contributed by atoms with E-state index in [-0.39, 0.29) is 18.3 Å². The molecule has 1 aromatic rings. The summed E-state index contributed by atoms with van der Waals surface area (Å²) < 4.78 is 18.8. The van der Waals surface area contributed by atoms with Gasteiger partial charge in [0, 0.05) is 0 Å². The van der Waals surface area contributed by atoms with Crippen molar-refractivity contribution in [3.63, 3.8) is 0 Å². The van der Waals surface area contributed by atoms with Crippen LogP contribution in [0.4, 0.5) is 4.39 Å². The van der Waals surface area contributed by atoms with Crippen LogP contribution in [0.25, 0.3) is 0 Å². The van der Waals surface area contributed by atoms with Gasteiger partial charge in [0.2, 0.25) is 5.88 Å². The molecule has 4 heteroatoms. The number of hydrogen-bond acceptors (Lipinski definition) is 3.